The minimum absolute atomic E-state index is 0. The van der Waals surface area contributed by atoms with Crippen LogP contribution in [0.15, 0.2) is 74.6 Å². The fraction of sp³-hybridized carbons (Fsp3) is 0. The number of hydrogen-bond donors (Lipinski definition) is 4. The predicted octanol–water partition coefficient (Wildman–Crippen LogP) is -0.256. The molecule has 172 valence electrons. The second kappa shape index (κ2) is 10.8. The van der Waals surface area contributed by atoms with E-state index in [1.807, 2.05) is 0 Å². The number of azo groups is 1. The van der Waals surface area contributed by atoms with Gasteiger partial charge in [0.15, 0.2) is 17.4 Å². The second-order valence-corrected chi connectivity index (χ2v) is 9.39. The molecule has 0 saturated carbocycles. The van der Waals surface area contributed by atoms with E-state index in [0.29, 0.717) is 6.07 Å². The Morgan fingerprint density at radius 1 is 1.00 bits per heavy atom. The van der Waals surface area contributed by atoms with Crippen LogP contribution in [0.2, 0.25) is 0 Å². The van der Waals surface area contributed by atoms with E-state index >= 15 is 0 Å². The molecule has 0 spiro atoms. The molecule has 14 nitrogen and oxygen atoms in total. The van der Waals surface area contributed by atoms with Crippen molar-refractivity contribution < 1.29 is 82.8 Å². The third-order valence-electron chi connectivity index (χ3n) is 4.00. The van der Waals surface area contributed by atoms with Crippen LogP contribution in [-0.4, -0.2) is 36.4 Å². The zero-order chi connectivity index (χ0) is 24.4. The number of pyridine rings is 1. The number of nitro benzene ring substituents is 1. The molecular formula is C17H14KN6O8S2+. The van der Waals surface area contributed by atoms with Crippen LogP contribution in [0.25, 0.3) is 0 Å². The first kappa shape index (κ1) is 27.7. The number of nitrogens with zero attached hydrogens (tertiary/aromatic N) is 4. The van der Waals surface area contributed by atoms with Crippen molar-refractivity contribution in [2.24, 2.45) is 10.2 Å². The number of hydrogen-bond acceptors (Lipinski definition) is 11. The van der Waals surface area contributed by atoms with E-state index in [9.17, 15) is 32.1 Å². The number of anilines is 2. The van der Waals surface area contributed by atoms with Crippen LogP contribution in [0, 0.1) is 10.1 Å². The maximum atomic E-state index is 12.8. The molecule has 0 radical (unpaired) electrons. The number of non-ortho nitro benzene ring substituents is 1. The van der Waals surface area contributed by atoms with Crippen molar-refractivity contribution in [3.05, 3.63) is 64.7 Å². The number of aromatic hydroxyl groups is 1. The molecule has 0 atom stereocenters. The first-order chi connectivity index (χ1) is 15.4. The minimum atomic E-state index is -4.68. The van der Waals surface area contributed by atoms with Gasteiger partial charge < -0.3 is 10.8 Å². The molecule has 5 N–H and O–H groups in total. The van der Waals surface area contributed by atoms with Crippen molar-refractivity contribution in [2.75, 3.05) is 10.5 Å². The van der Waals surface area contributed by atoms with Crippen molar-refractivity contribution in [1.29, 1.82) is 0 Å². The van der Waals surface area contributed by atoms with Gasteiger partial charge in [-0.25, -0.2) is 13.4 Å². The quantitative estimate of drug-likeness (QED) is 0.102. The molecule has 0 aliphatic carbocycles. The predicted molar refractivity (Wildman–Crippen MR) is 115 cm³/mol. The van der Waals surface area contributed by atoms with Gasteiger partial charge in [-0.2, -0.15) is 8.42 Å². The fourth-order valence-electron chi connectivity index (χ4n) is 2.43. The summed E-state index contributed by atoms with van der Waals surface area (Å²) in [6.45, 7) is 0. The molecule has 0 unspecified atom stereocenters. The number of benzene rings is 2. The van der Waals surface area contributed by atoms with Gasteiger partial charge in [0.05, 0.1) is 20.4 Å². The molecule has 3 aromatic rings. The van der Waals surface area contributed by atoms with Crippen LogP contribution in [-0.2, 0) is 20.1 Å². The van der Waals surface area contributed by atoms with Gasteiger partial charge in [-0.3, -0.25) is 19.4 Å². The number of aromatic nitrogens is 1. The van der Waals surface area contributed by atoms with E-state index in [2.05, 4.69) is 19.9 Å². The Bertz CT molecular complexity index is 1500. The van der Waals surface area contributed by atoms with Gasteiger partial charge in [-0.05, 0) is 36.4 Å². The Labute approximate surface area is 235 Å². The maximum absolute atomic E-state index is 12.8. The molecule has 17 heteroatoms. The zero-order valence-electron chi connectivity index (χ0n) is 17.2. The summed E-state index contributed by atoms with van der Waals surface area (Å²) in [5.41, 5.74) is 4.51. The van der Waals surface area contributed by atoms with Crippen LogP contribution in [0.1, 0.15) is 0 Å². The molecule has 3 rings (SSSR count). The number of sulfonamides is 1. The van der Waals surface area contributed by atoms with E-state index in [1.165, 1.54) is 12.1 Å². The second-order valence-electron chi connectivity index (χ2n) is 6.29. The summed E-state index contributed by atoms with van der Waals surface area (Å²) in [6, 6.07) is 9.38. The number of rotatable bonds is 7. The zero-order valence-corrected chi connectivity index (χ0v) is 22.0. The Hall–Kier alpha value is -2.51. The van der Waals surface area contributed by atoms with Crippen molar-refractivity contribution >= 4 is 48.8 Å². The number of nitrogens with two attached hydrogens (primary N) is 1. The molecule has 2 aromatic carbocycles. The van der Waals surface area contributed by atoms with Crippen molar-refractivity contribution in [3.63, 3.8) is 0 Å². The van der Waals surface area contributed by atoms with Crippen LogP contribution in [0.4, 0.5) is 28.7 Å². The molecule has 1 heterocycles. The molecule has 34 heavy (non-hydrogen) atoms. The smallest absolute Gasteiger partial charge is 0.504 e. The van der Waals surface area contributed by atoms with Crippen LogP contribution in [0.5, 0.6) is 5.75 Å². The van der Waals surface area contributed by atoms with E-state index < -0.39 is 40.5 Å². The Morgan fingerprint density at radius 2 is 1.68 bits per heavy atom. The third kappa shape index (κ3) is 6.76. The van der Waals surface area contributed by atoms with E-state index in [1.54, 1.807) is 0 Å². The van der Waals surface area contributed by atoms with Gasteiger partial charge in [0.25, 0.3) is 25.8 Å². The Balaban J connectivity index is 0.00000408. The Kier molecular flexibility index (Phi) is 8.83. The maximum Gasteiger partial charge on any atom is 1.00 e. The van der Waals surface area contributed by atoms with Gasteiger partial charge in [0.2, 0.25) is 0 Å². The van der Waals surface area contributed by atoms with Crippen molar-refractivity contribution in [2.45, 2.75) is 9.79 Å². The van der Waals surface area contributed by atoms with E-state index in [4.69, 9.17) is 10.3 Å². The largest absolute Gasteiger partial charge is 1.00 e. The molecular weight excluding hydrogens is 519 g/mol. The monoisotopic (exact) mass is 533 g/mol. The number of nitrogen functional groups attached to an aromatic ring is 1. The van der Waals surface area contributed by atoms with Crippen LogP contribution < -0.4 is 61.8 Å². The average molecular weight is 534 g/mol. The summed E-state index contributed by atoms with van der Waals surface area (Å²) in [5, 5.41) is 28.1. The molecule has 0 aliphatic rings. The summed E-state index contributed by atoms with van der Waals surface area (Å²) >= 11 is 0. The van der Waals surface area contributed by atoms with E-state index in [-0.39, 0.29) is 80.1 Å². The van der Waals surface area contributed by atoms with Crippen LogP contribution >= 0.6 is 0 Å². The molecule has 0 bridgehead atoms. The molecule has 0 fully saturated rings. The normalized spacial score (nSPS) is 11.7. The summed E-state index contributed by atoms with van der Waals surface area (Å²) < 4.78 is 59.4. The fourth-order valence-corrected chi connectivity index (χ4v) is 4.14. The molecule has 0 aliphatic heterocycles. The number of nitrogens with one attached hydrogen (secondary N) is 1. The number of nitro groups is 1. The van der Waals surface area contributed by atoms with Gasteiger partial charge >= 0.3 is 51.4 Å². The Morgan fingerprint density at radius 3 is 2.29 bits per heavy atom. The van der Waals surface area contributed by atoms with Crippen molar-refractivity contribution in [1.82, 2.24) is 4.98 Å². The van der Waals surface area contributed by atoms with Gasteiger partial charge in [-0.1, -0.05) is 6.07 Å². The van der Waals surface area contributed by atoms with Crippen LogP contribution in [0.3, 0.4) is 0 Å². The summed E-state index contributed by atoms with van der Waals surface area (Å²) in [7, 11) is -9.16. The van der Waals surface area contributed by atoms with Gasteiger partial charge in [-0.15, -0.1) is 10.2 Å². The topological polar surface area (TPSA) is 228 Å². The standard InChI is InChI=1S/C17H14N6O8S2.K/c18-17-15(24)6-7-16(19-17)21-20-13-5-4-10(23(25)26)8-14(13)22-32(27,28)11-2-1-3-12(9-11)33(29,30)31;/h1-9,22,24H,(H2,18,19)(H,29,30,31);/q;+1. The first-order valence-electron chi connectivity index (χ1n) is 8.63. The average Bonchev–Trinajstić information content (AvgIpc) is 2.74. The minimum Gasteiger partial charge on any atom is -0.504 e. The molecule has 0 amide bonds. The van der Waals surface area contributed by atoms with Crippen molar-refractivity contribution in [3.8, 4) is 5.75 Å². The molecule has 0 saturated heterocycles. The third-order valence-corrected chi connectivity index (χ3v) is 6.21. The van der Waals surface area contributed by atoms with Gasteiger partial charge in [0.1, 0.15) is 5.69 Å². The molecule has 1 aromatic heterocycles. The van der Waals surface area contributed by atoms with E-state index in [0.717, 1.165) is 36.4 Å². The van der Waals surface area contributed by atoms with Gasteiger partial charge in [0, 0.05) is 12.1 Å². The summed E-state index contributed by atoms with van der Waals surface area (Å²) in [6.07, 6.45) is 0. The summed E-state index contributed by atoms with van der Waals surface area (Å²) in [5.74, 6) is -0.557. The summed E-state index contributed by atoms with van der Waals surface area (Å²) in [4.78, 5) is 12.9. The SMILES string of the molecule is Nc1nc(N=Nc2ccc([N+](=O)[O-])cc2NS(=O)(=O)c2cccc(S(=O)(=O)O)c2)ccc1O.[K+]. The first-order valence-corrected chi connectivity index (χ1v) is 11.6.